The lowest BCUT2D eigenvalue weighted by molar-refractivity contribution is -0.141. The van der Waals surface area contributed by atoms with Crippen molar-refractivity contribution < 1.29 is 14.6 Å². The van der Waals surface area contributed by atoms with Gasteiger partial charge < -0.3 is 9.84 Å². The maximum absolute atomic E-state index is 11.2. The van der Waals surface area contributed by atoms with Crippen molar-refractivity contribution in [1.29, 1.82) is 0 Å². The molecule has 112 valence electrons. The van der Waals surface area contributed by atoms with Gasteiger partial charge in [-0.15, -0.1) is 0 Å². The third-order valence-corrected chi connectivity index (χ3v) is 4.68. The Morgan fingerprint density at radius 1 is 1.32 bits per heavy atom. The highest BCUT2D eigenvalue weighted by atomic mass is 16.5. The van der Waals surface area contributed by atoms with Crippen molar-refractivity contribution in [2.45, 2.75) is 69.9 Å². The minimum Gasteiger partial charge on any atom is -0.481 e. The van der Waals surface area contributed by atoms with Crippen LogP contribution in [0.5, 0.6) is 0 Å². The van der Waals surface area contributed by atoms with Gasteiger partial charge >= 0.3 is 5.97 Å². The van der Waals surface area contributed by atoms with Gasteiger partial charge in [0.05, 0.1) is 12.0 Å². The van der Waals surface area contributed by atoms with Gasteiger partial charge in [0, 0.05) is 19.2 Å². The lowest BCUT2D eigenvalue weighted by Gasteiger charge is -2.44. The average molecular weight is 271 g/mol. The van der Waals surface area contributed by atoms with Crippen LogP contribution in [0.25, 0.3) is 0 Å². The van der Waals surface area contributed by atoms with E-state index in [4.69, 9.17) is 4.74 Å². The molecule has 0 aromatic rings. The molecule has 4 nitrogen and oxygen atoms in total. The number of methoxy groups -OCH3 is 1. The summed E-state index contributed by atoms with van der Waals surface area (Å²) in [7, 11) is 3.80. The fourth-order valence-corrected chi connectivity index (χ4v) is 2.96. The molecule has 0 spiro atoms. The topological polar surface area (TPSA) is 49.8 Å². The highest BCUT2D eigenvalue weighted by molar-refractivity contribution is 5.68. The van der Waals surface area contributed by atoms with E-state index < -0.39 is 5.97 Å². The van der Waals surface area contributed by atoms with Gasteiger partial charge in [-0.05, 0) is 40.2 Å². The van der Waals surface area contributed by atoms with Crippen molar-refractivity contribution in [3.63, 3.8) is 0 Å². The lowest BCUT2D eigenvalue weighted by Crippen LogP contribution is -2.50. The second-order valence-electron chi connectivity index (χ2n) is 6.49. The van der Waals surface area contributed by atoms with E-state index in [9.17, 15) is 9.90 Å². The summed E-state index contributed by atoms with van der Waals surface area (Å²) < 4.78 is 5.45. The molecule has 19 heavy (non-hydrogen) atoms. The van der Waals surface area contributed by atoms with Gasteiger partial charge in [0.15, 0.2) is 0 Å². The van der Waals surface area contributed by atoms with Crippen molar-refractivity contribution in [2.24, 2.45) is 0 Å². The van der Waals surface area contributed by atoms with E-state index in [-0.39, 0.29) is 17.6 Å². The molecule has 0 bridgehead atoms. The molecular formula is C15H29NO3. The van der Waals surface area contributed by atoms with E-state index in [2.05, 4.69) is 25.8 Å². The summed E-state index contributed by atoms with van der Waals surface area (Å²) in [4.78, 5) is 13.4. The number of ether oxygens (including phenoxy) is 1. The molecule has 0 radical (unpaired) electrons. The summed E-state index contributed by atoms with van der Waals surface area (Å²) >= 11 is 0. The Labute approximate surface area is 117 Å². The average Bonchev–Trinajstić information content (AvgIpc) is 2.36. The largest absolute Gasteiger partial charge is 0.481 e. The second kappa shape index (κ2) is 6.71. The summed E-state index contributed by atoms with van der Waals surface area (Å²) in [5, 5.41) is 9.20. The minimum absolute atomic E-state index is 0.145. The number of carboxylic acids is 1. The zero-order valence-electron chi connectivity index (χ0n) is 12.9. The lowest BCUT2D eigenvalue weighted by atomic mass is 9.78. The van der Waals surface area contributed by atoms with Crippen molar-refractivity contribution in [1.82, 2.24) is 4.90 Å². The summed E-state index contributed by atoms with van der Waals surface area (Å²) in [5.74, 6) is -0.681. The monoisotopic (exact) mass is 271 g/mol. The van der Waals surface area contributed by atoms with Crippen LogP contribution in [0.15, 0.2) is 0 Å². The first-order valence-corrected chi connectivity index (χ1v) is 7.29. The number of nitrogens with zero attached hydrogens (tertiary/aromatic N) is 1. The molecule has 0 heterocycles. The molecule has 0 aromatic heterocycles. The molecule has 0 atom stereocenters. The molecule has 0 saturated heterocycles. The molecule has 0 unspecified atom stereocenters. The number of carboxylic acid groups (broad SMARTS) is 1. The van der Waals surface area contributed by atoms with E-state index in [1.165, 1.54) is 6.42 Å². The van der Waals surface area contributed by atoms with Gasteiger partial charge in [-0.3, -0.25) is 9.69 Å². The Kier molecular flexibility index (Phi) is 5.81. The summed E-state index contributed by atoms with van der Waals surface area (Å²) in [5.41, 5.74) is -0.290. The predicted molar refractivity (Wildman–Crippen MR) is 76.4 cm³/mol. The Morgan fingerprint density at radius 3 is 2.37 bits per heavy atom. The standard InChI is InChI=1S/C15H29NO3/c1-14(2,19-4)10-11-16(3)15(12-13(17)18)8-6-5-7-9-15/h5-12H2,1-4H3,(H,17,18). The molecular weight excluding hydrogens is 242 g/mol. The maximum atomic E-state index is 11.2. The van der Waals surface area contributed by atoms with Crippen LogP contribution in [0.3, 0.4) is 0 Å². The summed E-state index contributed by atoms with van der Waals surface area (Å²) in [6.07, 6.45) is 6.71. The van der Waals surface area contributed by atoms with Gasteiger partial charge in [0.25, 0.3) is 0 Å². The molecule has 1 saturated carbocycles. The Hall–Kier alpha value is -0.610. The van der Waals surface area contributed by atoms with Gasteiger partial charge in [-0.25, -0.2) is 0 Å². The molecule has 1 fully saturated rings. The highest BCUT2D eigenvalue weighted by Crippen LogP contribution is 2.36. The quantitative estimate of drug-likeness (QED) is 0.773. The molecule has 0 amide bonds. The third kappa shape index (κ3) is 4.77. The molecule has 1 aliphatic rings. The SMILES string of the molecule is COC(C)(C)CCN(C)C1(CC(=O)O)CCCCC1. The van der Waals surface area contributed by atoms with Crippen LogP contribution < -0.4 is 0 Å². The number of hydrogen-bond acceptors (Lipinski definition) is 3. The van der Waals surface area contributed by atoms with E-state index in [1.807, 2.05) is 0 Å². The first-order valence-electron chi connectivity index (χ1n) is 7.29. The normalized spacial score (nSPS) is 19.6. The van der Waals surface area contributed by atoms with Gasteiger partial charge in [0.1, 0.15) is 0 Å². The minimum atomic E-state index is -0.681. The van der Waals surface area contributed by atoms with E-state index in [0.717, 1.165) is 38.6 Å². The predicted octanol–water partition coefficient (Wildman–Crippen LogP) is 2.91. The van der Waals surface area contributed by atoms with Crippen molar-refractivity contribution >= 4 is 5.97 Å². The van der Waals surface area contributed by atoms with Crippen molar-refractivity contribution in [3.05, 3.63) is 0 Å². The third-order valence-electron chi connectivity index (χ3n) is 4.68. The molecule has 0 aliphatic heterocycles. The highest BCUT2D eigenvalue weighted by Gasteiger charge is 2.38. The van der Waals surface area contributed by atoms with Crippen LogP contribution in [-0.2, 0) is 9.53 Å². The molecule has 0 aromatic carbocycles. The molecule has 1 N–H and O–H groups in total. The number of aliphatic carboxylic acids is 1. The smallest absolute Gasteiger partial charge is 0.305 e. The van der Waals surface area contributed by atoms with Gasteiger partial charge in [-0.2, -0.15) is 0 Å². The fourth-order valence-electron chi connectivity index (χ4n) is 2.96. The van der Waals surface area contributed by atoms with Crippen LogP contribution in [0.2, 0.25) is 0 Å². The molecule has 1 rings (SSSR count). The van der Waals surface area contributed by atoms with Crippen molar-refractivity contribution in [2.75, 3.05) is 20.7 Å². The van der Waals surface area contributed by atoms with Crippen LogP contribution in [0.1, 0.15) is 58.8 Å². The first-order chi connectivity index (χ1) is 8.81. The second-order valence-corrected chi connectivity index (χ2v) is 6.49. The summed E-state index contributed by atoms with van der Waals surface area (Å²) in [6.45, 7) is 5.03. The van der Waals surface area contributed by atoms with Crippen LogP contribution in [-0.4, -0.2) is 47.8 Å². The number of rotatable bonds is 7. The van der Waals surface area contributed by atoms with Gasteiger partial charge in [-0.1, -0.05) is 19.3 Å². The first kappa shape index (κ1) is 16.4. The van der Waals surface area contributed by atoms with Crippen LogP contribution in [0, 0.1) is 0 Å². The van der Waals surface area contributed by atoms with E-state index in [1.54, 1.807) is 7.11 Å². The number of carbonyl (C=O) groups is 1. The van der Waals surface area contributed by atoms with Gasteiger partial charge in [0.2, 0.25) is 0 Å². The fraction of sp³-hybridized carbons (Fsp3) is 0.933. The van der Waals surface area contributed by atoms with Crippen LogP contribution in [0.4, 0.5) is 0 Å². The zero-order chi connectivity index (χ0) is 14.5. The summed E-state index contributed by atoms with van der Waals surface area (Å²) in [6, 6.07) is 0. The van der Waals surface area contributed by atoms with E-state index in [0.29, 0.717) is 0 Å². The van der Waals surface area contributed by atoms with Crippen molar-refractivity contribution in [3.8, 4) is 0 Å². The number of hydrogen-bond donors (Lipinski definition) is 1. The zero-order valence-corrected chi connectivity index (χ0v) is 12.9. The molecule has 1 aliphatic carbocycles. The Morgan fingerprint density at radius 2 is 1.89 bits per heavy atom. The van der Waals surface area contributed by atoms with E-state index >= 15 is 0 Å². The van der Waals surface area contributed by atoms with Crippen LogP contribution >= 0.6 is 0 Å². The maximum Gasteiger partial charge on any atom is 0.305 e. The Bertz CT molecular complexity index is 296. The molecule has 4 heteroatoms. The Balaban J connectivity index is 2.66.